The number of nitrogens with zero attached hydrogens (tertiary/aromatic N) is 2. The molecule has 1 heterocycles. The Labute approximate surface area is 139 Å². The zero-order valence-electron chi connectivity index (χ0n) is 13.5. The summed E-state index contributed by atoms with van der Waals surface area (Å²) in [6.45, 7) is 2.19. The van der Waals surface area contributed by atoms with E-state index in [1.54, 1.807) is 0 Å². The maximum absolute atomic E-state index is 6.29. The molecule has 0 amide bonds. The molecule has 2 atom stereocenters. The Morgan fingerprint density at radius 1 is 1.23 bits per heavy atom. The second kappa shape index (κ2) is 6.89. The molecule has 3 heteroatoms. The van der Waals surface area contributed by atoms with E-state index in [1.165, 1.54) is 24.1 Å². The summed E-state index contributed by atoms with van der Waals surface area (Å²) in [6, 6.07) is 6.86. The second-order valence-corrected chi connectivity index (χ2v) is 7.02. The number of halogens is 1. The van der Waals surface area contributed by atoms with Crippen molar-refractivity contribution in [2.24, 2.45) is 5.92 Å². The normalized spacial score (nSPS) is 23.4. The predicted molar refractivity (Wildman–Crippen MR) is 95.8 cm³/mol. The molecule has 22 heavy (non-hydrogen) atoms. The van der Waals surface area contributed by atoms with Crippen LogP contribution in [0.1, 0.15) is 18.4 Å². The molecule has 0 saturated heterocycles. The lowest BCUT2D eigenvalue weighted by molar-refractivity contribution is 0.394. The van der Waals surface area contributed by atoms with E-state index in [4.69, 9.17) is 11.6 Å². The van der Waals surface area contributed by atoms with E-state index >= 15 is 0 Å². The number of allylic oxidation sites excluding steroid dienone is 2. The van der Waals surface area contributed by atoms with Crippen molar-refractivity contribution < 1.29 is 0 Å². The highest BCUT2D eigenvalue weighted by molar-refractivity contribution is 6.30. The van der Waals surface area contributed by atoms with Crippen molar-refractivity contribution in [1.82, 2.24) is 4.90 Å². The molecule has 0 aromatic heterocycles. The van der Waals surface area contributed by atoms with Crippen LogP contribution < -0.4 is 4.90 Å². The lowest BCUT2D eigenvalue weighted by atomic mass is 9.90. The average molecular weight is 317 g/mol. The van der Waals surface area contributed by atoms with Crippen LogP contribution in [-0.2, 0) is 6.42 Å². The monoisotopic (exact) mass is 316 g/mol. The molecule has 2 aliphatic rings. The summed E-state index contributed by atoms with van der Waals surface area (Å²) >= 11 is 6.29. The van der Waals surface area contributed by atoms with Gasteiger partial charge in [0.05, 0.1) is 6.04 Å². The predicted octanol–water partition coefficient (Wildman–Crippen LogP) is 4.16. The third-order valence-corrected chi connectivity index (χ3v) is 4.92. The Bertz CT molecular complexity index is 577. The quantitative estimate of drug-likeness (QED) is 0.823. The third kappa shape index (κ3) is 3.39. The molecule has 1 aliphatic heterocycles. The van der Waals surface area contributed by atoms with Gasteiger partial charge in [0.1, 0.15) is 0 Å². The van der Waals surface area contributed by atoms with Crippen molar-refractivity contribution in [1.29, 1.82) is 0 Å². The van der Waals surface area contributed by atoms with Crippen molar-refractivity contribution in [3.05, 3.63) is 53.1 Å². The van der Waals surface area contributed by atoms with Gasteiger partial charge in [-0.25, -0.2) is 0 Å². The first-order valence-electron chi connectivity index (χ1n) is 8.20. The molecule has 0 saturated carbocycles. The molecule has 2 unspecified atom stereocenters. The smallest absolute Gasteiger partial charge is 0.0539 e. The van der Waals surface area contributed by atoms with Crippen LogP contribution in [-0.4, -0.2) is 38.1 Å². The van der Waals surface area contributed by atoms with Gasteiger partial charge in [-0.1, -0.05) is 42.0 Å². The van der Waals surface area contributed by atoms with Gasteiger partial charge in [0.2, 0.25) is 0 Å². The number of hydrogen-bond acceptors (Lipinski definition) is 2. The van der Waals surface area contributed by atoms with Crippen molar-refractivity contribution >= 4 is 17.3 Å². The van der Waals surface area contributed by atoms with Crippen molar-refractivity contribution in [3.63, 3.8) is 0 Å². The number of hydrogen-bond donors (Lipinski definition) is 0. The summed E-state index contributed by atoms with van der Waals surface area (Å²) in [5.41, 5.74) is 2.77. The van der Waals surface area contributed by atoms with E-state index in [-0.39, 0.29) is 0 Å². The fourth-order valence-corrected chi connectivity index (χ4v) is 3.74. The number of rotatable bonds is 4. The Hall–Kier alpha value is -1.25. The molecule has 1 aromatic rings. The Morgan fingerprint density at radius 3 is 2.86 bits per heavy atom. The van der Waals surface area contributed by atoms with Crippen LogP contribution in [0, 0.1) is 5.92 Å². The standard InChI is InChI=1S/C19H25ClN2/c1-21(2)12-5-13-22-18-7-4-3-6-15(18)8-9-16-10-11-17(20)14-19(16)22/h3-4,6-7,10-11,14-15,18H,5,8-9,12-13H2,1-2H3. The summed E-state index contributed by atoms with van der Waals surface area (Å²) in [5.74, 6) is 0.607. The van der Waals surface area contributed by atoms with Crippen LogP contribution in [0.15, 0.2) is 42.5 Å². The van der Waals surface area contributed by atoms with Crippen LogP contribution in [0.25, 0.3) is 0 Å². The molecule has 1 aromatic carbocycles. The van der Waals surface area contributed by atoms with Gasteiger partial charge in [0.15, 0.2) is 0 Å². The molecular weight excluding hydrogens is 292 g/mol. The van der Waals surface area contributed by atoms with Crippen LogP contribution in [0.5, 0.6) is 0 Å². The zero-order valence-corrected chi connectivity index (χ0v) is 14.3. The van der Waals surface area contributed by atoms with E-state index in [2.05, 4.69) is 60.3 Å². The van der Waals surface area contributed by atoms with Crippen LogP contribution in [0.4, 0.5) is 5.69 Å². The topological polar surface area (TPSA) is 6.48 Å². The first-order valence-corrected chi connectivity index (χ1v) is 8.58. The van der Waals surface area contributed by atoms with E-state index < -0.39 is 0 Å². The molecule has 118 valence electrons. The SMILES string of the molecule is CN(C)CCCN1c2cc(Cl)ccc2CCC2C=CC=CC21. The summed E-state index contributed by atoms with van der Waals surface area (Å²) in [6.07, 6.45) is 12.6. The molecule has 0 N–H and O–H groups in total. The molecule has 3 rings (SSSR count). The van der Waals surface area contributed by atoms with E-state index in [1.807, 2.05) is 6.07 Å². The Balaban J connectivity index is 1.90. The van der Waals surface area contributed by atoms with Gasteiger partial charge in [0, 0.05) is 23.2 Å². The fraction of sp³-hybridized carbons (Fsp3) is 0.474. The molecule has 2 nitrogen and oxygen atoms in total. The first kappa shape index (κ1) is 15.6. The number of aryl methyl sites for hydroxylation is 1. The van der Waals surface area contributed by atoms with E-state index in [0.717, 1.165) is 24.5 Å². The summed E-state index contributed by atoms with van der Waals surface area (Å²) in [5, 5.41) is 0.838. The molecule has 0 radical (unpaired) electrons. The minimum absolute atomic E-state index is 0.465. The third-order valence-electron chi connectivity index (χ3n) is 4.68. The number of fused-ring (bicyclic) bond motifs is 2. The highest BCUT2D eigenvalue weighted by Gasteiger charge is 2.29. The van der Waals surface area contributed by atoms with Gasteiger partial charge < -0.3 is 9.80 Å². The molecule has 1 aliphatic carbocycles. The van der Waals surface area contributed by atoms with Gasteiger partial charge in [-0.3, -0.25) is 0 Å². The maximum atomic E-state index is 6.29. The van der Waals surface area contributed by atoms with Gasteiger partial charge in [-0.2, -0.15) is 0 Å². The highest BCUT2D eigenvalue weighted by atomic mass is 35.5. The number of anilines is 1. The average Bonchev–Trinajstić information content (AvgIpc) is 2.65. The lowest BCUT2D eigenvalue weighted by Gasteiger charge is -2.36. The van der Waals surface area contributed by atoms with Gasteiger partial charge in [0.25, 0.3) is 0 Å². The molecule has 0 fully saturated rings. The van der Waals surface area contributed by atoms with Crippen LogP contribution in [0.2, 0.25) is 5.02 Å². The van der Waals surface area contributed by atoms with Crippen LogP contribution in [0.3, 0.4) is 0 Å². The van der Waals surface area contributed by atoms with Crippen molar-refractivity contribution in [2.75, 3.05) is 32.1 Å². The van der Waals surface area contributed by atoms with Crippen LogP contribution >= 0.6 is 11.6 Å². The fourth-order valence-electron chi connectivity index (χ4n) is 3.57. The lowest BCUT2D eigenvalue weighted by Crippen LogP contribution is -2.40. The summed E-state index contributed by atoms with van der Waals surface area (Å²) in [4.78, 5) is 4.83. The van der Waals surface area contributed by atoms with Gasteiger partial charge >= 0.3 is 0 Å². The van der Waals surface area contributed by atoms with E-state index in [0.29, 0.717) is 12.0 Å². The number of benzene rings is 1. The van der Waals surface area contributed by atoms with Gasteiger partial charge in [-0.05, 0) is 57.6 Å². The maximum Gasteiger partial charge on any atom is 0.0539 e. The second-order valence-electron chi connectivity index (χ2n) is 6.59. The molecular formula is C19H25ClN2. The summed E-state index contributed by atoms with van der Waals surface area (Å²) in [7, 11) is 4.28. The Kier molecular flexibility index (Phi) is 4.90. The minimum atomic E-state index is 0.465. The first-order chi connectivity index (χ1) is 10.6. The highest BCUT2D eigenvalue weighted by Crippen LogP contribution is 2.36. The molecule has 0 spiro atoms. The zero-order chi connectivity index (χ0) is 15.5. The van der Waals surface area contributed by atoms with E-state index in [9.17, 15) is 0 Å². The Morgan fingerprint density at radius 2 is 2.05 bits per heavy atom. The van der Waals surface area contributed by atoms with Crippen molar-refractivity contribution in [2.45, 2.75) is 25.3 Å². The minimum Gasteiger partial charge on any atom is -0.364 e. The summed E-state index contributed by atoms with van der Waals surface area (Å²) < 4.78 is 0. The van der Waals surface area contributed by atoms with Crippen molar-refractivity contribution in [3.8, 4) is 0 Å². The van der Waals surface area contributed by atoms with Gasteiger partial charge in [-0.15, -0.1) is 0 Å². The molecule has 0 bridgehead atoms. The largest absolute Gasteiger partial charge is 0.364 e.